The summed E-state index contributed by atoms with van der Waals surface area (Å²) < 4.78 is 7.60. The third-order valence-electron chi connectivity index (χ3n) is 3.36. The van der Waals surface area contributed by atoms with Crippen molar-refractivity contribution in [3.8, 4) is 0 Å². The zero-order valence-corrected chi connectivity index (χ0v) is 10.6. The van der Waals surface area contributed by atoms with Crippen LogP contribution in [0.15, 0.2) is 0 Å². The molecule has 2 heterocycles. The van der Waals surface area contributed by atoms with Crippen molar-refractivity contribution in [3.63, 3.8) is 0 Å². The van der Waals surface area contributed by atoms with E-state index in [1.54, 1.807) is 0 Å². The van der Waals surface area contributed by atoms with E-state index in [9.17, 15) is 0 Å². The smallest absolute Gasteiger partial charge is 0.133 e. The molecule has 0 radical (unpaired) electrons. The summed E-state index contributed by atoms with van der Waals surface area (Å²) in [7, 11) is 0. The van der Waals surface area contributed by atoms with Gasteiger partial charge in [-0.05, 0) is 32.2 Å². The Labute approximate surface area is 102 Å². The lowest BCUT2D eigenvalue weighted by Crippen LogP contribution is -2.26. The maximum Gasteiger partial charge on any atom is 0.133 e. The summed E-state index contributed by atoms with van der Waals surface area (Å²) >= 11 is 0. The summed E-state index contributed by atoms with van der Waals surface area (Å²) in [6, 6.07) is 0. The topological polar surface area (TPSA) is 66.0 Å². The number of nitrogens with zero attached hydrogens (tertiary/aromatic N) is 3. The average molecular weight is 238 g/mol. The number of rotatable bonds is 6. The van der Waals surface area contributed by atoms with E-state index >= 15 is 0 Å². The molecule has 1 aliphatic rings. The van der Waals surface area contributed by atoms with Gasteiger partial charge in [0.1, 0.15) is 11.6 Å². The molecule has 1 unspecified atom stereocenters. The molecule has 0 amide bonds. The summed E-state index contributed by atoms with van der Waals surface area (Å²) in [6.45, 7) is 5.40. The van der Waals surface area contributed by atoms with Gasteiger partial charge in [0.2, 0.25) is 0 Å². The van der Waals surface area contributed by atoms with Crippen molar-refractivity contribution in [1.82, 2.24) is 14.8 Å². The van der Waals surface area contributed by atoms with Crippen LogP contribution >= 0.6 is 0 Å². The number of aromatic nitrogens is 3. The Hall–Kier alpha value is -0.940. The van der Waals surface area contributed by atoms with Crippen molar-refractivity contribution in [2.45, 2.75) is 39.2 Å². The van der Waals surface area contributed by atoms with Crippen LogP contribution in [0.5, 0.6) is 0 Å². The first kappa shape index (κ1) is 12.5. The quantitative estimate of drug-likeness (QED) is 0.743. The fraction of sp³-hybridized carbons (Fsp3) is 0.833. The van der Waals surface area contributed by atoms with E-state index in [0.717, 1.165) is 63.6 Å². The van der Waals surface area contributed by atoms with Crippen LogP contribution in [0.1, 0.15) is 31.4 Å². The zero-order valence-electron chi connectivity index (χ0n) is 10.6. The van der Waals surface area contributed by atoms with Crippen LogP contribution in [-0.2, 0) is 24.1 Å². The van der Waals surface area contributed by atoms with Crippen molar-refractivity contribution in [2.75, 3.05) is 19.8 Å². The van der Waals surface area contributed by atoms with Crippen LogP contribution in [0, 0.1) is 5.92 Å². The molecule has 17 heavy (non-hydrogen) atoms. The van der Waals surface area contributed by atoms with Crippen LogP contribution in [0.25, 0.3) is 0 Å². The molecule has 2 N–H and O–H groups in total. The lowest BCUT2D eigenvalue weighted by atomic mass is 9.98. The number of nitrogens with two attached hydrogens (primary N) is 1. The third-order valence-corrected chi connectivity index (χ3v) is 3.36. The SMILES string of the molecule is CCOCCCc1nnc2n1CCC(CN)C2. The Kier molecular flexibility index (Phi) is 4.50. The molecule has 1 aliphatic heterocycles. The summed E-state index contributed by atoms with van der Waals surface area (Å²) in [5.41, 5.74) is 5.71. The van der Waals surface area contributed by atoms with Gasteiger partial charge < -0.3 is 15.0 Å². The van der Waals surface area contributed by atoms with Gasteiger partial charge >= 0.3 is 0 Å². The van der Waals surface area contributed by atoms with E-state index in [-0.39, 0.29) is 0 Å². The molecule has 0 aliphatic carbocycles. The van der Waals surface area contributed by atoms with Crippen molar-refractivity contribution in [3.05, 3.63) is 11.6 Å². The molecule has 2 rings (SSSR count). The van der Waals surface area contributed by atoms with Crippen molar-refractivity contribution in [1.29, 1.82) is 0 Å². The number of fused-ring (bicyclic) bond motifs is 1. The molecule has 0 saturated heterocycles. The molecule has 1 aromatic heterocycles. The van der Waals surface area contributed by atoms with Gasteiger partial charge in [-0.3, -0.25) is 0 Å². The van der Waals surface area contributed by atoms with Crippen molar-refractivity contribution < 1.29 is 4.74 Å². The Balaban J connectivity index is 1.90. The van der Waals surface area contributed by atoms with E-state index in [0.29, 0.717) is 5.92 Å². The Bertz CT molecular complexity index is 350. The molecule has 5 heteroatoms. The second-order valence-corrected chi connectivity index (χ2v) is 4.58. The molecular weight excluding hydrogens is 216 g/mol. The second kappa shape index (κ2) is 6.12. The standard InChI is InChI=1S/C12H22N4O/c1-2-17-7-3-4-11-14-15-12-8-10(9-13)5-6-16(11)12/h10H,2-9,13H2,1H3. The molecule has 1 aromatic rings. The van der Waals surface area contributed by atoms with E-state index < -0.39 is 0 Å². The predicted octanol–water partition coefficient (Wildman–Crippen LogP) is 0.768. The van der Waals surface area contributed by atoms with Crippen LogP contribution < -0.4 is 5.73 Å². The predicted molar refractivity (Wildman–Crippen MR) is 65.7 cm³/mol. The summed E-state index contributed by atoms with van der Waals surface area (Å²) in [6.07, 6.45) is 4.11. The second-order valence-electron chi connectivity index (χ2n) is 4.58. The highest BCUT2D eigenvalue weighted by molar-refractivity contribution is 5.00. The monoisotopic (exact) mass is 238 g/mol. The van der Waals surface area contributed by atoms with Gasteiger partial charge in [-0.15, -0.1) is 10.2 Å². The summed E-state index contributed by atoms with van der Waals surface area (Å²) in [5.74, 6) is 2.80. The van der Waals surface area contributed by atoms with E-state index in [1.165, 1.54) is 0 Å². The Morgan fingerprint density at radius 2 is 2.35 bits per heavy atom. The van der Waals surface area contributed by atoms with Gasteiger partial charge in [0.05, 0.1) is 0 Å². The molecule has 96 valence electrons. The van der Waals surface area contributed by atoms with Crippen LogP contribution in [0.3, 0.4) is 0 Å². The molecule has 5 nitrogen and oxygen atoms in total. The number of aryl methyl sites for hydroxylation is 1. The fourth-order valence-corrected chi connectivity index (χ4v) is 2.32. The minimum absolute atomic E-state index is 0.586. The van der Waals surface area contributed by atoms with Crippen molar-refractivity contribution >= 4 is 0 Å². The first-order valence-corrected chi connectivity index (χ1v) is 6.54. The first-order chi connectivity index (χ1) is 8.35. The molecular formula is C12H22N4O. The highest BCUT2D eigenvalue weighted by atomic mass is 16.5. The maximum absolute atomic E-state index is 5.71. The number of hydrogen-bond acceptors (Lipinski definition) is 4. The minimum Gasteiger partial charge on any atom is -0.382 e. The number of ether oxygens (including phenoxy) is 1. The van der Waals surface area contributed by atoms with E-state index in [4.69, 9.17) is 10.5 Å². The van der Waals surface area contributed by atoms with Gasteiger partial charge in [-0.25, -0.2) is 0 Å². The zero-order chi connectivity index (χ0) is 12.1. The molecule has 0 fully saturated rings. The Morgan fingerprint density at radius 3 is 3.12 bits per heavy atom. The highest BCUT2D eigenvalue weighted by Gasteiger charge is 2.21. The largest absolute Gasteiger partial charge is 0.382 e. The normalized spacial score (nSPS) is 19.3. The van der Waals surface area contributed by atoms with Gasteiger partial charge in [-0.1, -0.05) is 0 Å². The number of hydrogen-bond donors (Lipinski definition) is 1. The fourth-order valence-electron chi connectivity index (χ4n) is 2.32. The van der Waals surface area contributed by atoms with E-state index in [1.807, 2.05) is 6.92 Å². The molecule has 1 atom stereocenters. The third kappa shape index (κ3) is 3.04. The molecule has 0 aromatic carbocycles. The summed E-state index contributed by atoms with van der Waals surface area (Å²) in [4.78, 5) is 0. The molecule has 0 saturated carbocycles. The summed E-state index contributed by atoms with van der Waals surface area (Å²) in [5, 5.41) is 8.55. The van der Waals surface area contributed by atoms with Gasteiger partial charge in [0, 0.05) is 32.6 Å². The van der Waals surface area contributed by atoms with Gasteiger partial charge in [0.25, 0.3) is 0 Å². The van der Waals surface area contributed by atoms with Crippen LogP contribution in [0.4, 0.5) is 0 Å². The molecule has 0 spiro atoms. The first-order valence-electron chi connectivity index (χ1n) is 6.54. The Morgan fingerprint density at radius 1 is 1.47 bits per heavy atom. The average Bonchev–Trinajstić information content (AvgIpc) is 2.77. The lowest BCUT2D eigenvalue weighted by molar-refractivity contribution is 0.144. The van der Waals surface area contributed by atoms with Crippen LogP contribution in [0.2, 0.25) is 0 Å². The van der Waals surface area contributed by atoms with Gasteiger partial charge in [0.15, 0.2) is 0 Å². The van der Waals surface area contributed by atoms with Crippen molar-refractivity contribution in [2.24, 2.45) is 11.7 Å². The van der Waals surface area contributed by atoms with E-state index in [2.05, 4.69) is 14.8 Å². The lowest BCUT2D eigenvalue weighted by Gasteiger charge is -2.22. The van der Waals surface area contributed by atoms with Gasteiger partial charge in [-0.2, -0.15) is 0 Å². The van der Waals surface area contributed by atoms with Crippen LogP contribution in [-0.4, -0.2) is 34.5 Å². The maximum atomic E-state index is 5.71. The highest BCUT2D eigenvalue weighted by Crippen LogP contribution is 2.19. The minimum atomic E-state index is 0.586. The molecule has 0 bridgehead atoms.